The number of anilines is 1. The van der Waals surface area contributed by atoms with Gasteiger partial charge >= 0.3 is 0 Å². The molecular formula is C25H26N4O4. The Morgan fingerprint density at radius 2 is 1.82 bits per heavy atom. The molecule has 1 saturated heterocycles. The van der Waals surface area contributed by atoms with E-state index in [0.717, 1.165) is 35.5 Å². The van der Waals surface area contributed by atoms with Gasteiger partial charge in [0, 0.05) is 25.2 Å². The van der Waals surface area contributed by atoms with Crippen molar-refractivity contribution < 1.29 is 19.2 Å². The quantitative estimate of drug-likeness (QED) is 0.675. The number of piperidine rings is 1. The maximum atomic E-state index is 13.4. The minimum atomic E-state index is -0.965. The van der Waals surface area contributed by atoms with Crippen LogP contribution < -0.4 is 16.0 Å². The van der Waals surface area contributed by atoms with Crippen LogP contribution in [-0.4, -0.2) is 47.7 Å². The molecule has 2 aromatic rings. The van der Waals surface area contributed by atoms with E-state index < -0.39 is 23.8 Å². The van der Waals surface area contributed by atoms with E-state index in [-0.39, 0.29) is 18.7 Å². The van der Waals surface area contributed by atoms with Crippen LogP contribution in [0.5, 0.6) is 0 Å². The molecule has 33 heavy (non-hydrogen) atoms. The second-order valence-electron chi connectivity index (χ2n) is 8.94. The van der Waals surface area contributed by atoms with Gasteiger partial charge in [-0.2, -0.15) is 0 Å². The first kappa shape index (κ1) is 21.3. The topological polar surface area (TPSA) is 113 Å². The zero-order valence-electron chi connectivity index (χ0n) is 18.3. The Morgan fingerprint density at radius 1 is 1.00 bits per heavy atom. The minimum absolute atomic E-state index is 0.101. The Bertz CT molecular complexity index is 1160. The molecule has 1 fully saturated rings. The molecule has 3 aliphatic heterocycles. The normalized spacial score (nSPS) is 22.3. The molecule has 0 bridgehead atoms. The fourth-order valence-electron chi connectivity index (χ4n) is 5.28. The highest BCUT2D eigenvalue weighted by Crippen LogP contribution is 2.35. The van der Waals surface area contributed by atoms with Crippen molar-refractivity contribution in [1.82, 2.24) is 10.2 Å². The molecule has 5 rings (SSSR count). The summed E-state index contributed by atoms with van der Waals surface area (Å²) in [4.78, 5) is 53.7. The van der Waals surface area contributed by atoms with Gasteiger partial charge in [-0.1, -0.05) is 30.3 Å². The highest BCUT2D eigenvalue weighted by molar-refractivity contribution is 6.24. The van der Waals surface area contributed by atoms with E-state index in [1.54, 1.807) is 12.1 Å². The summed E-state index contributed by atoms with van der Waals surface area (Å²) in [5.74, 6) is -1.52. The Labute approximate surface area is 191 Å². The molecular weight excluding hydrogens is 420 g/mol. The zero-order valence-corrected chi connectivity index (χ0v) is 18.3. The molecule has 0 aliphatic carbocycles. The molecule has 2 atom stereocenters. The van der Waals surface area contributed by atoms with Crippen LogP contribution in [0.2, 0.25) is 0 Å². The van der Waals surface area contributed by atoms with Gasteiger partial charge in [0.2, 0.25) is 11.8 Å². The summed E-state index contributed by atoms with van der Waals surface area (Å²) >= 11 is 0. The third-order valence-corrected chi connectivity index (χ3v) is 6.81. The van der Waals surface area contributed by atoms with Crippen molar-refractivity contribution in [2.24, 2.45) is 11.7 Å². The van der Waals surface area contributed by atoms with Crippen LogP contribution in [0.1, 0.15) is 51.1 Å². The first-order chi connectivity index (χ1) is 16.0. The predicted molar refractivity (Wildman–Crippen MR) is 121 cm³/mol. The third kappa shape index (κ3) is 3.70. The standard InChI is InChI=1S/C25H26N4O4/c26-11-10-15-12-16-4-1-2-7-19(16)28(13-15)14-17-5-3-6-18-22(17)25(33)29(24(18)32)20-8-9-21(30)27-23(20)31/h1-7,15,20H,8-14,26H2,(H,27,30,31). The number of rotatable bonds is 5. The molecule has 8 nitrogen and oxygen atoms in total. The average Bonchev–Trinajstić information content (AvgIpc) is 3.05. The largest absolute Gasteiger partial charge is 0.367 e. The van der Waals surface area contributed by atoms with Gasteiger partial charge in [-0.25, -0.2) is 0 Å². The van der Waals surface area contributed by atoms with Crippen LogP contribution in [0.25, 0.3) is 0 Å². The van der Waals surface area contributed by atoms with Gasteiger partial charge in [-0.05, 0) is 55.0 Å². The number of fused-ring (bicyclic) bond motifs is 2. The number of carbonyl (C=O) groups excluding carboxylic acids is 4. The van der Waals surface area contributed by atoms with Gasteiger partial charge in [0.15, 0.2) is 0 Å². The molecule has 2 aromatic carbocycles. The molecule has 3 aliphatic rings. The maximum absolute atomic E-state index is 13.4. The fraction of sp³-hybridized carbons (Fsp3) is 0.360. The van der Waals surface area contributed by atoms with Crippen molar-refractivity contribution in [3.8, 4) is 0 Å². The van der Waals surface area contributed by atoms with E-state index in [2.05, 4.69) is 22.3 Å². The zero-order chi connectivity index (χ0) is 23.1. The number of amides is 4. The number of carbonyl (C=O) groups is 4. The Morgan fingerprint density at radius 3 is 2.61 bits per heavy atom. The second-order valence-corrected chi connectivity index (χ2v) is 8.94. The number of nitrogens with zero attached hydrogens (tertiary/aromatic N) is 2. The predicted octanol–water partition coefficient (Wildman–Crippen LogP) is 1.62. The molecule has 4 amide bonds. The monoisotopic (exact) mass is 446 g/mol. The summed E-state index contributed by atoms with van der Waals surface area (Å²) < 4.78 is 0. The van der Waals surface area contributed by atoms with Crippen molar-refractivity contribution in [3.63, 3.8) is 0 Å². The van der Waals surface area contributed by atoms with Crippen LogP contribution in [0.15, 0.2) is 42.5 Å². The SMILES string of the molecule is NCCC1Cc2ccccc2N(Cc2cccc3c2C(=O)N(C2CCC(=O)NC2=O)C3=O)C1. The summed E-state index contributed by atoms with van der Waals surface area (Å²) in [6.45, 7) is 1.91. The molecule has 3 N–H and O–H groups in total. The molecule has 0 radical (unpaired) electrons. The van der Waals surface area contributed by atoms with Gasteiger partial charge < -0.3 is 10.6 Å². The third-order valence-electron chi connectivity index (χ3n) is 6.81. The molecule has 2 unspecified atom stereocenters. The van der Waals surface area contributed by atoms with Crippen molar-refractivity contribution >= 4 is 29.3 Å². The molecule has 8 heteroatoms. The van der Waals surface area contributed by atoms with E-state index in [9.17, 15) is 19.2 Å². The van der Waals surface area contributed by atoms with Gasteiger partial charge in [0.1, 0.15) is 6.04 Å². The summed E-state index contributed by atoms with van der Waals surface area (Å²) in [5.41, 5.74) is 9.63. The van der Waals surface area contributed by atoms with E-state index >= 15 is 0 Å². The van der Waals surface area contributed by atoms with Gasteiger partial charge in [-0.3, -0.25) is 29.4 Å². The lowest BCUT2D eigenvalue weighted by Gasteiger charge is -2.36. The number of imide groups is 2. The van der Waals surface area contributed by atoms with Gasteiger partial charge in [-0.15, -0.1) is 0 Å². The van der Waals surface area contributed by atoms with Gasteiger partial charge in [0.05, 0.1) is 11.1 Å². The van der Waals surface area contributed by atoms with Crippen LogP contribution in [0.3, 0.4) is 0 Å². The van der Waals surface area contributed by atoms with Crippen molar-refractivity contribution in [1.29, 1.82) is 0 Å². The first-order valence-electron chi connectivity index (χ1n) is 11.3. The summed E-state index contributed by atoms with van der Waals surface area (Å²) in [6, 6.07) is 12.6. The highest BCUT2D eigenvalue weighted by atomic mass is 16.2. The van der Waals surface area contributed by atoms with Crippen molar-refractivity contribution in [3.05, 3.63) is 64.7 Å². The molecule has 3 heterocycles. The number of para-hydroxylation sites is 1. The van der Waals surface area contributed by atoms with Crippen LogP contribution in [-0.2, 0) is 22.6 Å². The van der Waals surface area contributed by atoms with Crippen molar-refractivity contribution in [2.75, 3.05) is 18.0 Å². The number of nitrogens with one attached hydrogen (secondary N) is 1. The van der Waals surface area contributed by atoms with Gasteiger partial charge in [0.25, 0.3) is 11.8 Å². The van der Waals surface area contributed by atoms with E-state index in [1.165, 1.54) is 5.56 Å². The number of hydrogen-bond acceptors (Lipinski definition) is 6. The minimum Gasteiger partial charge on any atom is -0.367 e. The van der Waals surface area contributed by atoms with E-state index in [4.69, 9.17) is 5.73 Å². The lowest BCUT2D eigenvalue weighted by atomic mass is 9.89. The fourth-order valence-corrected chi connectivity index (χ4v) is 5.28. The summed E-state index contributed by atoms with van der Waals surface area (Å²) in [7, 11) is 0. The lowest BCUT2D eigenvalue weighted by molar-refractivity contribution is -0.136. The number of benzene rings is 2. The smallest absolute Gasteiger partial charge is 0.262 e. The molecule has 0 spiro atoms. The number of nitrogens with two attached hydrogens (primary N) is 1. The van der Waals surface area contributed by atoms with Crippen LogP contribution in [0, 0.1) is 5.92 Å². The van der Waals surface area contributed by atoms with Crippen LogP contribution >= 0.6 is 0 Å². The lowest BCUT2D eigenvalue weighted by Crippen LogP contribution is -2.54. The summed E-state index contributed by atoms with van der Waals surface area (Å²) in [5, 5.41) is 2.24. The average molecular weight is 447 g/mol. The first-order valence-corrected chi connectivity index (χ1v) is 11.3. The van der Waals surface area contributed by atoms with Crippen LogP contribution in [0.4, 0.5) is 5.69 Å². The Kier molecular flexibility index (Phi) is 5.46. The second kappa shape index (κ2) is 8.44. The molecule has 170 valence electrons. The Balaban J connectivity index is 1.47. The van der Waals surface area contributed by atoms with E-state index in [1.807, 2.05) is 18.2 Å². The molecule has 0 saturated carbocycles. The van der Waals surface area contributed by atoms with Crippen molar-refractivity contribution in [2.45, 2.75) is 38.3 Å². The maximum Gasteiger partial charge on any atom is 0.262 e. The molecule has 0 aromatic heterocycles. The summed E-state index contributed by atoms with van der Waals surface area (Å²) in [6.07, 6.45) is 2.13. The van der Waals surface area contributed by atoms with E-state index in [0.29, 0.717) is 30.1 Å². The highest BCUT2D eigenvalue weighted by Gasteiger charge is 2.45. The number of hydrogen-bond donors (Lipinski definition) is 2. The Hall–Kier alpha value is -3.52.